The average molecular weight is 378 g/mol. The van der Waals surface area contributed by atoms with Gasteiger partial charge in [-0.1, -0.05) is 0 Å². The Bertz CT molecular complexity index is 434. The second-order valence-electron chi connectivity index (χ2n) is 5.19. The molecule has 1 saturated heterocycles. The summed E-state index contributed by atoms with van der Waals surface area (Å²) in [5, 5.41) is 0. The highest BCUT2D eigenvalue weighted by Crippen LogP contribution is 2.22. The maximum Gasteiger partial charge on any atom is 0.235 e. The first kappa shape index (κ1) is 14.9. The number of hydrogen-bond acceptors (Lipinski definition) is 5. The largest absolute Gasteiger partial charge is 0.473 e. The van der Waals surface area contributed by atoms with E-state index < -0.39 is 5.60 Å². The minimum atomic E-state index is -0.411. The van der Waals surface area contributed by atoms with E-state index in [4.69, 9.17) is 14.2 Å². The number of aromatic nitrogens is 2. The predicted octanol–water partition coefficient (Wildman–Crippen LogP) is 2.70. The predicted molar refractivity (Wildman–Crippen MR) is 79.1 cm³/mol. The fraction of sp³-hybridized carbons (Fsp3) is 0.692. The van der Waals surface area contributed by atoms with Crippen molar-refractivity contribution in [3.8, 4) is 5.88 Å². The van der Waals surface area contributed by atoms with Crippen LogP contribution in [-0.4, -0.2) is 35.1 Å². The van der Waals surface area contributed by atoms with Gasteiger partial charge in [0.1, 0.15) is 16.0 Å². The number of nitrogens with zero attached hydrogens (tertiary/aromatic N) is 2. The first-order valence-corrected chi connectivity index (χ1v) is 7.45. The monoisotopic (exact) mass is 378 g/mol. The molecule has 0 saturated carbocycles. The van der Waals surface area contributed by atoms with Crippen LogP contribution in [0.2, 0.25) is 0 Å². The maximum absolute atomic E-state index is 5.89. The first-order valence-electron chi connectivity index (χ1n) is 6.38. The molecule has 6 heteroatoms. The molecule has 1 unspecified atom stereocenters. The highest BCUT2D eigenvalue weighted by Gasteiger charge is 2.27. The Kier molecular flexibility index (Phi) is 4.97. The Balaban J connectivity index is 1.89. The van der Waals surface area contributed by atoms with Crippen molar-refractivity contribution in [3.05, 3.63) is 15.6 Å². The zero-order chi connectivity index (χ0) is 13.9. The van der Waals surface area contributed by atoms with Crippen LogP contribution in [0.5, 0.6) is 5.88 Å². The Morgan fingerprint density at radius 1 is 1.53 bits per heavy atom. The normalized spacial score (nSPS) is 19.7. The van der Waals surface area contributed by atoms with Gasteiger partial charge in [0.15, 0.2) is 6.29 Å². The van der Waals surface area contributed by atoms with Crippen molar-refractivity contribution in [1.82, 2.24) is 9.97 Å². The molecule has 19 heavy (non-hydrogen) atoms. The van der Waals surface area contributed by atoms with Crippen LogP contribution in [-0.2, 0) is 9.47 Å². The van der Waals surface area contributed by atoms with Crippen LogP contribution in [0.3, 0.4) is 0 Å². The van der Waals surface area contributed by atoms with Crippen LogP contribution in [0.25, 0.3) is 0 Å². The quantitative estimate of drug-likeness (QED) is 0.738. The van der Waals surface area contributed by atoms with Crippen molar-refractivity contribution >= 4 is 22.6 Å². The van der Waals surface area contributed by atoms with Crippen LogP contribution >= 0.6 is 22.6 Å². The van der Waals surface area contributed by atoms with E-state index in [0.717, 1.165) is 28.8 Å². The lowest BCUT2D eigenvalue weighted by Gasteiger charge is -2.28. The van der Waals surface area contributed by atoms with Gasteiger partial charge in [-0.3, -0.25) is 0 Å². The molecule has 5 nitrogen and oxygen atoms in total. The van der Waals surface area contributed by atoms with Gasteiger partial charge in [0.05, 0.1) is 11.8 Å². The van der Waals surface area contributed by atoms with E-state index in [-0.39, 0.29) is 6.29 Å². The summed E-state index contributed by atoms with van der Waals surface area (Å²) < 4.78 is 17.9. The molecule has 0 spiro atoms. The fourth-order valence-electron chi connectivity index (χ4n) is 1.86. The number of halogens is 1. The Morgan fingerprint density at radius 2 is 2.32 bits per heavy atom. The standard InChI is InChI=1S/C13H19IN2O3/c1-9-12(15-7-10(14)16-9)18-8-13(2,3)19-11-5-4-6-17-11/h7,11H,4-6,8H2,1-3H3. The molecule has 0 aromatic carbocycles. The van der Waals surface area contributed by atoms with Crippen LogP contribution in [0, 0.1) is 10.6 Å². The summed E-state index contributed by atoms with van der Waals surface area (Å²) in [6.45, 7) is 7.07. The van der Waals surface area contributed by atoms with Crippen molar-refractivity contribution in [2.45, 2.75) is 45.5 Å². The fourth-order valence-corrected chi connectivity index (χ4v) is 2.36. The lowest BCUT2D eigenvalue weighted by molar-refractivity contribution is -0.187. The van der Waals surface area contributed by atoms with Crippen molar-refractivity contribution in [2.24, 2.45) is 0 Å². The van der Waals surface area contributed by atoms with E-state index in [0.29, 0.717) is 12.5 Å². The number of rotatable bonds is 5. The summed E-state index contributed by atoms with van der Waals surface area (Å²) in [5.74, 6) is 0.560. The van der Waals surface area contributed by atoms with Gasteiger partial charge in [-0.05, 0) is 49.8 Å². The third-order valence-electron chi connectivity index (χ3n) is 2.77. The number of aryl methyl sites for hydroxylation is 1. The third-order valence-corrected chi connectivity index (χ3v) is 3.29. The summed E-state index contributed by atoms with van der Waals surface area (Å²) >= 11 is 2.13. The molecule has 1 atom stereocenters. The van der Waals surface area contributed by atoms with Crippen molar-refractivity contribution in [1.29, 1.82) is 0 Å². The topological polar surface area (TPSA) is 53.5 Å². The molecule has 1 aliphatic rings. The molecule has 2 rings (SSSR count). The molecule has 0 aliphatic carbocycles. The van der Waals surface area contributed by atoms with Crippen LogP contribution in [0.1, 0.15) is 32.4 Å². The molecule has 1 fully saturated rings. The molecule has 1 aliphatic heterocycles. The van der Waals surface area contributed by atoms with Crippen LogP contribution in [0.4, 0.5) is 0 Å². The van der Waals surface area contributed by atoms with Crippen LogP contribution < -0.4 is 4.74 Å². The van der Waals surface area contributed by atoms with Crippen molar-refractivity contribution in [2.75, 3.05) is 13.2 Å². The summed E-state index contributed by atoms with van der Waals surface area (Å²) in [5.41, 5.74) is 0.381. The average Bonchev–Trinajstić information content (AvgIpc) is 2.80. The van der Waals surface area contributed by atoms with E-state index >= 15 is 0 Å². The van der Waals surface area contributed by atoms with Gasteiger partial charge in [-0.2, -0.15) is 0 Å². The van der Waals surface area contributed by atoms with Gasteiger partial charge in [0.25, 0.3) is 0 Å². The molecule has 0 radical (unpaired) electrons. The van der Waals surface area contributed by atoms with Crippen LogP contribution in [0.15, 0.2) is 6.20 Å². The second kappa shape index (κ2) is 6.32. The van der Waals surface area contributed by atoms with Gasteiger partial charge < -0.3 is 14.2 Å². The van der Waals surface area contributed by atoms with E-state index in [1.54, 1.807) is 6.20 Å². The number of ether oxygens (including phenoxy) is 3. The van der Waals surface area contributed by atoms with E-state index in [2.05, 4.69) is 32.6 Å². The van der Waals surface area contributed by atoms with E-state index in [1.165, 1.54) is 0 Å². The van der Waals surface area contributed by atoms with Crippen molar-refractivity contribution < 1.29 is 14.2 Å². The lowest BCUT2D eigenvalue weighted by Crippen LogP contribution is -2.36. The zero-order valence-corrected chi connectivity index (χ0v) is 13.6. The van der Waals surface area contributed by atoms with Gasteiger partial charge in [0, 0.05) is 13.0 Å². The van der Waals surface area contributed by atoms with Gasteiger partial charge in [0.2, 0.25) is 5.88 Å². The Morgan fingerprint density at radius 3 is 2.95 bits per heavy atom. The molecule has 0 N–H and O–H groups in total. The Labute approximate surface area is 127 Å². The van der Waals surface area contributed by atoms with E-state index in [9.17, 15) is 0 Å². The molecular formula is C13H19IN2O3. The first-order chi connectivity index (χ1) is 8.96. The molecule has 106 valence electrons. The maximum atomic E-state index is 5.89. The summed E-state index contributed by atoms with van der Waals surface area (Å²) in [6, 6.07) is 0. The molecule has 1 aromatic rings. The molecular weight excluding hydrogens is 359 g/mol. The zero-order valence-electron chi connectivity index (χ0n) is 11.5. The minimum absolute atomic E-state index is 0.109. The summed E-state index contributed by atoms with van der Waals surface area (Å²) in [4.78, 5) is 8.54. The highest BCUT2D eigenvalue weighted by atomic mass is 127. The molecule has 1 aromatic heterocycles. The number of hydrogen-bond donors (Lipinski definition) is 0. The van der Waals surface area contributed by atoms with E-state index in [1.807, 2.05) is 20.8 Å². The third kappa shape index (κ3) is 4.54. The summed E-state index contributed by atoms with van der Waals surface area (Å²) in [6.07, 6.45) is 3.59. The minimum Gasteiger partial charge on any atom is -0.473 e. The van der Waals surface area contributed by atoms with Gasteiger partial charge in [-0.15, -0.1) is 0 Å². The van der Waals surface area contributed by atoms with Gasteiger partial charge in [-0.25, -0.2) is 9.97 Å². The molecule has 2 heterocycles. The van der Waals surface area contributed by atoms with Crippen molar-refractivity contribution in [3.63, 3.8) is 0 Å². The Hall–Kier alpha value is -0.470. The lowest BCUT2D eigenvalue weighted by atomic mass is 10.1. The smallest absolute Gasteiger partial charge is 0.235 e. The highest BCUT2D eigenvalue weighted by molar-refractivity contribution is 14.1. The molecule has 0 amide bonds. The second-order valence-corrected chi connectivity index (χ2v) is 6.30. The SMILES string of the molecule is Cc1nc(I)cnc1OCC(C)(C)OC1CCCO1. The molecule has 0 bridgehead atoms. The van der Waals surface area contributed by atoms with Gasteiger partial charge >= 0.3 is 0 Å². The summed E-state index contributed by atoms with van der Waals surface area (Å²) in [7, 11) is 0.